The number of ether oxygens (including phenoxy) is 1. The lowest BCUT2D eigenvalue weighted by molar-refractivity contribution is -0.117. The fraction of sp³-hybridized carbons (Fsp3) is 0.167. The molecule has 1 fully saturated rings. The lowest BCUT2D eigenvalue weighted by Crippen LogP contribution is -2.23. The minimum atomic E-state index is -0.192. The molecule has 29 heavy (non-hydrogen) atoms. The van der Waals surface area contributed by atoms with Crippen molar-refractivity contribution in [3.8, 4) is 5.75 Å². The normalized spacial score (nSPS) is 13.4. The van der Waals surface area contributed by atoms with E-state index in [0.717, 1.165) is 30.0 Å². The third-order valence-corrected chi connectivity index (χ3v) is 4.88. The molecule has 0 saturated carbocycles. The van der Waals surface area contributed by atoms with Crippen LogP contribution in [-0.2, 0) is 11.4 Å². The summed E-state index contributed by atoms with van der Waals surface area (Å²) in [6.45, 7) is 1.24. The van der Waals surface area contributed by atoms with Crippen LogP contribution in [0.2, 0.25) is 0 Å². The number of nitrogens with zero attached hydrogens (tertiary/aromatic N) is 1. The Kier molecular flexibility index (Phi) is 5.56. The Balaban J connectivity index is 1.34. The molecule has 0 aromatic heterocycles. The van der Waals surface area contributed by atoms with E-state index in [9.17, 15) is 9.59 Å². The summed E-state index contributed by atoms with van der Waals surface area (Å²) < 4.78 is 5.76. The molecular formula is C24H22N2O3. The van der Waals surface area contributed by atoms with Gasteiger partial charge in [-0.1, -0.05) is 30.3 Å². The Morgan fingerprint density at radius 3 is 2.31 bits per heavy atom. The highest BCUT2D eigenvalue weighted by Crippen LogP contribution is 2.22. The van der Waals surface area contributed by atoms with E-state index in [4.69, 9.17) is 4.74 Å². The first-order valence-corrected chi connectivity index (χ1v) is 9.68. The second-order valence-corrected chi connectivity index (χ2v) is 6.95. The van der Waals surface area contributed by atoms with Crippen molar-refractivity contribution >= 4 is 23.2 Å². The lowest BCUT2D eigenvalue weighted by atomic mass is 10.1. The molecule has 1 heterocycles. The molecule has 3 aromatic carbocycles. The van der Waals surface area contributed by atoms with Crippen LogP contribution >= 0.6 is 0 Å². The van der Waals surface area contributed by atoms with Gasteiger partial charge in [-0.3, -0.25) is 9.59 Å². The third kappa shape index (κ3) is 4.63. The summed E-state index contributed by atoms with van der Waals surface area (Å²) in [5, 5.41) is 2.88. The van der Waals surface area contributed by atoms with E-state index in [1.807, 2.05) is 66.7 Å². The monoisotopic (exact) mass is 386 g/mol. The number of anilines is 2. The minimum Gasteiger partial charge on any atom is -0.489 e. The molecule has 0 aliphatic carbocycles. The molecule has 5 heteroatoms. The van der Waals surface area contributed by atoms with E-state index < -0.39 is 0 Å². The second-order valence-electron chi connectivity index (χ2n) is 6.95. The highest BCUT2D eigenvalue weighted by atomic mass is 16.5. The van der Waals surface area contributed by atoms with Crippen LogP contribution in [0, 0.1) is 0 Å². The number of carbonyl (C=O) groups is 2. The van der Waals surface area contributed by atoms with Crippen molar-refractivity contribution in [1.29, 1.82) is 0 Å². The molecule has 4 rings (SSSR count). The zero-order chi connectivity index (χ0) is 20.1. The van der Waals surface area contributed by atoms with Crippen LogP contribution in [0.5, 0.6) is 5.75 Å². The van der Waals surface area contributed by atoms with Crippen LogP contribution in [-0.4, -0.2) is 18.4 Å². The summed E-state index contributed by atoms with van der Waals surface area (Å²) >= 11 is 0. The quantitative estimate of drug-likeness (QED) is 0.671. The summed E-state index contributed by atoms with van der Waals surface area (Å²) in [6.07, 6.45) is 1.47. The minimum absolute atomic E-state index is 0.136. The summed E-state index contributed by atoms with van der Waals surface area (Å²) in [7, 11) is 0. The topological polar surface area (TPSA) is 58.6 Å². The summed E-state index contributed by atoms with van der Waals surface area (Å²) in [6, 6.07) is 24.4. The molecule has 0 unspecified atom stereocenters. The smallest absolute Gasteiger partial charge is 0.255 e. The van der Waals surface area contributed by atoms with E-state index in [1.165, 1.54) is 0 Å². The van der Waals surface area contributed by atoms with Gasteiger partial charge in [-0.15, -0.1) is 0 Å². The van der Waals surface area contributed by atoms with Gasteiger partial charge >= 0.3 is 0 Å². The van der Waals surface area contributed by atoms with Gasteiger partial charge in [0.1, 0.15) is 12.4 Å². The van der Waals surface area contributed by atoms with E-state index >= 15 is 0 Å². The molecule has 0 radical (unpaired) electrons. The van der Waals surface area contributed by atoms with Gasteiger partial charge in [-0.25, -0.2) is 0 Å². The number of carbonyl (C=O) groups excluding carboxylic acids is 2. The van der Waals surface area contributed by atoms with Crippen molar-refractivity contribution in [3.63, 3.8) is 0 Å². The SMILES string of the molecule is O=C(Nc1ccc(OCc2ccccc2)cc1)c1ccc(N2CCCC2=O)cc1. The van der Waals surface area contributed by atoms with E-state index in [1.54, 1.807) is 17.0 Å². The van der Waals surface area contributed by atoms with E-state index in [-0.39, 0.29) is 11.8 Å². The maximum atomic E-state index is 12.5. The second kappa shape index (κ2) is 8.61. The lowest BCUT2D eigenvalue weighted by Gasteiger charge is -2.15. The Labute approximate surface area is 169 Å². The number of hydrogen-bond acceptors (Lipinski definition) is 3. The number of nitrogens with one attached hydrogen (secondary N) is 1. The van der Waals surface area contributed by atoms with E-state index in [2.05, 4.69) is 5.32 Å². The molecule has 5 nitrogen and oxygen atoms in total. The number of amides is 2. The van der Waals surface area contributed by atoms with Crippen molar-refractivity contribution in [2.75, 3.05) is 16.8 Å². The average molecular weight is 386 g/mol. The van der Waals surface area contributed by atoms with Crippen LogP contribution in [0.1, 0.15) is 28.8 Å². The standard InChI is InChI=1S/C24H22N2O3/c27-23-7-4-16-26(23)21-12-8-19(9-13-21)24(28)25-20-10-14-22(15-11-20)29-17-18-5-2-1-3-6-18/h1-3,5-6,8-15H,4,7,16-17H2,(H,25,28). The van der Waals surface area contributed by atoms with Crippen molar-refractivity contribution in [3.05, 3.63) is 90.0 Å². The number of benzene rings is 3. The third-order valence-electron chi connectivity index (χ3n) is 4.88. The summed E-state index contributed by atoms with van der Waals surface area (Å²) in [5.74, 6) is 0.686. The molecule has 1 aliphatic rings. The first-order valence-electron chi connectivity index (χ1n) is 9.68. The van der Waals surface area contributed by atoms with Crippen LogP contribution in [0.25, 0.3) is 0 Å². The molecule has 146 valence electrons. The van der Waals surface area contributed by atoms with Gasteiger partial charge in [0, 0.05) is 29.9 Å². The highest BCUT2D eigenvalue weighted by Gasteiger charge is 2.21. The zero-order valence-electron chi connectivity index (χ0n) is 16.0. The molecule has 0 atom stereocenters. The summed E-state index contributed by atoms with van der Waals surface area (Å²) in [4.78, 5) is 26.1. The van der Waals surface area contributed by atoms with Crippen LogP contribution < -0.4 is 15.0 Å². The van der Waals surface area contributed by atoms with E-state index in [0.29, 0.717) is 24.3 Å². The molecule has 1 N–H and O–H groups in total. The molecule has 1 aliphatic heterocycles. The molecular weight excluding hydrogens is 364 g/mol. The first-order chi connectivity index (χ1) is 14.2. The van der Waals surface area contributed by atoms with Crippen LogP contribution in [0.15, 0.2) is 78.9 Å². The van der Waals surface area contributed by atoms with Crippen LogP contribution in [0.4, 0.5) is 11.4 Å². The summed E-state index contributed by atoms with van der Waals surface area (Å²) in [5.41, 5.74) is 3.18. The number of hydrogen-bond donors (Lipinski definition) is 1. The molecule has 3 aromatic rings. The largest absolute Gasteiger partial charge is 0.489 e. The predicted octanol–water partition coefficient (Wildman–Crippen LogP) is 4.64. The van der Waals surface area contributed by atoms with Gasteiger partial charge in [0.2, 0.25) is 5.91 Å². The fourth-order valence-electron chi connectivity index (χ4n) is 3.29. The van der Waals surface area contributed by atoms with Gasteiger partial charge in [0.25, 0.3) is 5.91 Å². The van der Waals surface area contributed by atoms with Crippen molar-refractivity contribution in [1.82, 2.24) is 0 Å². The Morgan fingerprint density at radius 2 is 1.66 bits per heavy atom. The molecule has 1 saturated heterocycles. The van der Waals surface area contributed by atoms with Gasteiger partial charge in [-0.05, 0) is 60.5 Å². The molecule has 0 spiro atoms. The van der Waals surface area contributed by atoms with Gasteiger partial charge in [0.05, 0.1) is 0 Å². The van der Waals surface area contributed by atoms with Gasteiger partial charge in [-0.2, -0.15) is 0 Å². The Hall–Kier alpha value is -3.60. The number of rotatable bonds is 6. The van der Waals surface area contributed by atoms with Crippen molar-refractivity contribution in [2.24, 2.45) is 0 Å². The maximum absolute atomic E-state index is 12.5. The Morgan fingerprint density at radius 1 is 0.931 bits per heavy atom. The van der Waals surface area contributed by atoms with Gasteiger partial charge < -0.3 is 15.0 Å². The van der Waals surface area contributed by atoms with Crippen molar-refractivity contribution < 1.29 is 14.3 Å². The Bertz CT molecular complexity index is 983. The van der Waals surface area contributed by atoms with Crippen molar-refractivity contribution in [2.45, 2.75) is 19.4 Å². The zero-order valence-corrected chi connectivity index (χ0v) is 16.0. The average Bonchev–Trinajstić information content (AvgIpc) is 3.20. The molecule has 2 amide bonds. The molecule has 0 bridgehead atoms. The predicted molar refractivity (Wildman–Crippen MR) is 113 cm³/mol. The highest BCUT2D eigenvalue weighted by molar-refractivity contribution is 6.04. The van der Waals surface area contributed by atoms with Gasteiger partial charge in [0.15, 0.2) is 0 Å². The fourth-order valence-corrected chi connectivity index (χ4v) is 3.29. The first kappa shape index (κ1) is 18.7. The van der Waals surface area contributed by atoms with Crippen LogP contribution in [0.3, 0.4) is 0 Å². The maximum Gasteiger partial charge on any atom is 0.255 e.